The van der Waals surface area contributed by atoms with Crippen LogP contribution in [-0.4, -0.2) is 17.6 Å². The number of halogens is 1. The Labute approximate surface area is 167 Å². The van der Waals surface area contributed by atoms with Crippen LogP contribution in [0.4, 0.5) is 0 Å². The molecule has 0 amide bonds. The normalized spacial score (nSPS) is 43.6. The summed E-state index contributed by atoms with van der Waals surface area (Å²) in [6.45, 7) is 6.79. The third-order valence-electron chi connectivity index (χ3n) is 8.50. The number of hydrogen-bond acceptors (Lipinski definition) is 3. The molecule has 0 N–H and O–H groups in total. The van der Waals surface area contributed by atoms with E-state index in [0.29, 0.717) is 11.1 Å². The Morgan fingerprint density at radius 3 is 2.59 bits per heavy atom. The highest BCUT2D eigenvalue weighted by atomic mass is 35.5. The minimum Gasteiger partial charge on any atom is -0.303 e. The highest BCUT2D eigenvalue weighted by Gasteiger charge is 2.57. The fourth-order valence-corrected chi connectivity index (χ4v) is 6.90. The van der Waals surface area contributed by atoms with Crippen molar-refractivity contribution in [1.82, 2.24) is 4.98 Å². The Morgan fingerprint density at radius 1 is 1.11 bits per heavy atom. The van der Waals surface area contributed by atoms with Gasteiger partial charge in [-0.05, 0) is 66.9 Å². The number of nitrogens with zero attached hydrogens (tertiary/aromatic N) is 1. The molecule has 2 saturated carbocycles. The van der Waals surface area contributed by atoms with Crippen LogP contribution in [-0.2, 0) is 21.4 Å². The molecular weight excluding hydrogens is 358 g/mol. The van der Waals surface area contributed by atoms with E-state index in [4.69, 9.17) is 11.6 Å². The lowest BCUT2D eigenvalue weighted by Crippen LogP contribution is -2.51. The van der Waals surface area contributed by atoms with Gasteiger partial charge in [-0.2, -0.15) is 0 Å². The summed E-state index contributed by atoms with van der Waals surface area (Å²) in [7, 11) is 0. The highest BCUT2D eigenvalue weighted by molar-refractivity contribution is 6.29. The monoisotopic (exact) mass is 387 g/mol. The van der Waals surface area contributed by atoms with Crippen molar-refractivity contribution < 1.29 is 9.59 Å². The quantitative estimate of drug-likeness (QED) is 0.539. The Kier molecular flexibility index (Phi) is 4.73. The average Bonchev–Trinajstić information content (AvgIpc) is 2.95. The van der Waals surface area contributed by atoms with Crippen LogP contribution in [0.15, 0.2) is 12.1 Å². The largest absolute Gasteiger partial charge is 0.303 e. The molecule has 3 aliphatic carbocycles. The SMILES string of the molecule is C[C@H]1CC[C@](C)([C@H]2CC[C@]3(C)c4nc(Cl)ccc4C[C@H]3C2C=O)[C@@H](C=O)C1. The van der Waals surface area contributed by atoms with Gasteiger partial charge in [0.2, 0.25) is 0 Å². The van der Waals surface area contributed by atoms with Crippen molar-refractivity contribution in [3.8, 4) is 0 Å². The summed E-state index contributed by atoms with van der Waals surface area (Å²) < 4.78 is 0. The van der Waals surface area contributed by atoms with E-state index in [0.717, 1.165) is 44.2 Å². The van der Waals surface area contributed by atoms with Crippen LogP contribution in [0.3, 0.4) is 0 Å². The lowest BCUT2D eigenvalue weighted by molar-refractivity contribution is -0.132. The standard InChI is InChI=1S/C23H30ClNO2/c1-14-6-8-22(2,16(10-14)12-26)18-7-9-23(3)19(17(18)13-27)11-15-4-5-20(24)25-21(15)23/h4-5,12-14,16-19H,6-11H2,1-3H3/t14-,16+,17?,18-,19-,22-,23-/m0/s1. The van der Waals surface area contributed by atoms with Gasteiger partial charge in [-0.25, -0.2) is 4.98 Å². The van der Waals surface area contributed by atoms with Gasteiger partial charge >= 0.3 is 0 Å². The molecule has 0 bridgehead atoms. The summed E-state index contributed by atoms with van der Waals surface area (Å²) in [5.41, 5.74) is 2.19. The fraction of sp³-hybridized carbons (Fsp3) is 0.696. The first kappa shape index (κ1) is 19.1. The third-order valence-corrected chi connectivity index (χ3v) is 8.71. The zero-order valence-corrected chi connectivity index (χ0v) is 17.3. The third kappa shape index (κ3) is 2.80. The Bertz CT molecular complexity index is 765. The second kappa shape index (κ2) is 6.69. The summed E-state index contributed by atoms with van der Waals surface area (Å²) >= 11 is 6.19. The average molecular weight is 388 g/mol. The lowest BCUT2D eigenvalue weighted by Gasteiger charge is -2.54. The minimum atomic E-state index is -0.0860. The maximum absolute atomic E-state index is 12.4. The molecule has 2 fully saturated rings. The molecule has 3 nitrogen and oxygen atoms in total. The molecule has 0 aliphatic heterocycles. The first-order valence-electron chi connectivity index (χ1n) is 10.4. The van der Waals surface area contributed by atoms with E-state index in [1.807, 2.05) is 6.07 Å². The molecule has 0 spiro atoms. The summed E-state index contributed by atoms with van der Waals surface area (Å²) in [5.74, 6) is 1.18. The van der Waals surface area contributed by atoms with Gasteiger partial charge in [0.15, 0.2) is 0 Å². The van der Waals surface area contributed by atoms with Gasteiger partial charge in [-0.15, -0.1) is 0 Å². The predicted molar refractivity (Wildman–Crippen MR) is 107 cm³/mol. The van der Waals surface area contributed by atoms with E-state index >= 15 is 0 Å². The number of pyridine rings is 1. The van der Waals surface area contributed by atoms with Gasteiger partial charge in [-0.1, -0.05) is 44.9 Å². The van der Waals surface area contributed by atoms with Gasteiger partial charge in [0.1, 0.15) is 17.7 Å². The van der Waals surface area contributed by atoms with Crippen molar-refractivity contribution in [2.45, 2.75) is 64.7 Å². The smallest absolute Gasteiger partial charge is 0.129 e. The number of fused-ring (bicyclic) bond motifs is 3. The molecule has 7 atom stereocenters. The molecule has 146 valence electrons. The number of aromatic nitrogens is 1. The molecule has 0 aromatic carbocycles. The van der Waals surface area contributed by atoms with Gasteiger partial charge in [0, 0.05) is 17.3 Å². The summed E-state index contributed by atoms with van der Waals surface area (Å²) in [6, 6.07) is 3.95. The number of carbonyl (C=O) groups is 2. The van der Waals surface area contributed by atoms with Crippen LogP contribution in [0, 0.1) is 35.0 Å². The second-order valence-corrected chi connectivity index (χ2v) is 10.2. The Balaban J connectivity index is 1.70. The van der Waals surface area contributed by atoms with Crippen molar-refractivity contribution >= 4 is 24.2 Å². The van der Waals surface area contributed by atoms with Crippen molar-refractivity contribution in [1.29, 1.82) is 0 Å². The molecule has 4 rings (SSSR count). The maximum Gasteiger partial charge on any atom is 0.129 e. The van der Waals surface area contributed by atoms with Gasteiger partial charge in [0.05, 0.1) is 5.69 Å². The zero-order valence-electron chi connectivity index (χ0n) is 16.6. The van der Waals surface area contributed by atoms with E-state index in [-0.39, 0.29) is 34.5 Å². The van der Waals surface area contributed by atoms with Crippen molar-refractivity contribution in [2.75, 3.05) is 0 Å². The van der Waals surface area contributed by atoms with Gasteiger partial charge in [-0.3, -0.25) is 0 Å². The molecule has 1 heterocycles. The number of hydrogen-bond donors (Lipinski definition) is 0. The predicted octanol–water partition coefficient (Wildman–Crippen LogP) is 5.03. The number of aldehydes is 2. The molecule has 4 heteroatoms. The molecule has 1 aromatic rings. The van der Waals surface area contributed by atoms with Crippen LogP contribution >= 0.6 is 11.6 Å². The van der Waals surface area contributed by atoms with E-state index in [1.54, 1.807) is 0 Å². The van der Waals surface area contributed by atoms with Crippen LogP contribution < -0.4 is 0 Å². The second-order valence-electron chi connectivity index (χ2n) is 9.86. The molecule has 1 aromatic heterocycles. The molecule has 1 unspecified atom stereocenters. The minimum absolute atomic E-state index is 0.0161. The zero-order chi connectivity index (χ0) is 19.4. The van der Waals surface area contributed by atoms with Crippen molar-refractivity contribution in [2.24, 2.45) is 35.0 Å². The van der Waals surface area contributed by atoms with Crippen LogP contribution in [0.5, 0.6) is 0 Å². The molecule has 0 saturated heterocycles. The lowest BCUT2D eigenvalue weighted by atomic mass is 9.49. The summed E-state index contributed by atoms with van der Waals surface area (Å²) in [6.07, 6.45) is 8.44. The first-order valence-corrected chi connectivity index (χ1v) is 10.8. The van der Waals surface area contributed by atoms with E-state index in [9.17, 15) is 9.59 Å². The van der Waals surface area contributed by atoms with Crippen LogP contribution in [0.1, 0.15) is 64.1 Å². The molecule has 3 aliphatic rings. The Hall–Kier alpha value is -1.22. The highest BCUT2D eigenvalue weighted by Crippen LogP contribution is 2.60. The van der Waals surface area contributed by atoms with E-state index < -0.39 is 0 Å². The molecular formula is C23H30ClNO2. The van der Waals surface area contributed by atoms with Crippen LogP contribution in [0.25, 0.3) is 0 Å². The van der Waals surface area contributed by atoms with Crippen molar-refractivity contribution in [3.63, 3.8) is 0 Å². The number of rotatable bonds is 3. The van der Waals surface area contributed by atoms with Crippen molar-refractivity contribution in [3.05, 3.63) is 28.5 Å². The molecule has 27 heavy (non-hydrogen) atoms. The topological polar surface area (TPSA) is 47.0 Å². The summed E-state index contributed by atoms with van der Waals surface area (Å²) in [4.78, 5) is 29.0. The fourth-order valence-electron chi connectivity index (χ4n) is 6.75. The number of carbonyl (C=O) groups excluding carboxylic acids is 2. The van der Waals surface area contributed by atoms with Crippen LogP contribution in [0.2, 0.25) is 5.15 Å². The van der Waals surface area contributed by atoms with E-state index in [1.165, 1.54) is 18.1 Å². The molecule has 0 radical (unpaired) electrons. The summed E-state index contributed by atoms with van der Waals surface area (Å²) in [5, 5.41) is 0.537. The van der Waals surface area contributed by atoms with Gasteiger partial charge in [0.25, 0.3) is 0 Å². The van der Waals surface area contributed by atoms with Gasteiger partial charge < -0.3 is 9.59 Å². The van der Waals surface area contributed by atoms with E-state index in [2.05, 4.69) is 31.8 Å². The first-order chi connectivity index (χ1) is 12.8. The Morgan fingerprint density at radius 2 is 1.89 bits per heavy atom. The maximum atomic E-state index is 12.4.